The number of carbonyl (C=O) groups excluding carboxylic acids is 1. The Kier molecular flexibility index (Phi) is 4.78. The summed E-state index contributed by atoms with van der Waals surface area (Å²) < 4.78 is 0. The Bertz CT molecular complexity index is 232. The molecular weight excluding hydrogens is 200 g/mol. The second kappa shape index (κ2) is 5.67. The molecule has 0 aromatic carbocycles. The molecule has 0 aliphatic heterocycles. The lowest BCUT2D eigenvalue weighted by Crippen LogP contribution is -2.50. The van der Waals surface area contributed by atoms with Gasteiger partial charge in [0.1, 0.15) is 0 Å². The second-order valence-corrected chi connectivity index (χ2v) is 5.86. The number of carbonyl (C=O) groups is 1. The Morgan fingerprint density at radius 1 is 1.44 bits per heavy atom. The highest BCUT2D eigenvalue weighted by Gasteiger charge is 2.25. The van der Waals surface area contributed by atoms with Crippen LogP contribution in [0.4, 0.5) is 0 Å². The van der Waals surface area contributed by atoms with Crippen LogP contribution >= 0.6 is 0 Å². The van der Waals surface area contributed by atoms with Gasteiger partial charge in [-0.05, 0) is 26.2 Å². The minimum absolute atomic E-state index is 0.119. The third-order valence-corrected chi connectivity index (χ3v) is 3.58. The molecule has 0 radical (unpaired) electrons. The van der Waals surface area contributed by atoms with Crippen molar-refractivity contribution in [2.45, 2.75) is 58.4 Å². The largest absolute Gasteiger partial charge is 0.350 e. The standard InChI is InChI=1S/C13H26N2O/c1-10(8-11-6-4-5-7-11)12(16)15-13(2,3)9-14/h10-11H,4-9,14H2,1-3H3,(H,15,16). The molecule has 1 aliphatic carbocycles. The van der Waals surface area contributed by atoms with E-state index in [0.717, 1.165) is 12.3 Å². The first-order valence-corrected chi connectivity index (χ1v) is 6.46. The van der Waals surface area contributed by atoms with Crippen LogP contribution in [-0.2, 0) is 4.79 Å². The van der Waals surface area contributed by atoms with Crippen molar-refractivity contribution in [3.05, 3.63) is 0 Å². The van der Waals surface area contributed by atoms with E-state index in [-0.39, 0.29) is 17.4 Å². The molecule has 1 rings (SSSR count). The molecule has 1 unspecified atom stereocenters. The van der Waals surface area contributed by atoms with Gasteiger partial charge in [-0.25, -0.2) is 0 Å². The first-order chi connectivity index (χ1) is 7.44. The zero-order valence-corrected chi connectivity index (χ0v) is 10.9. The number of amides is 1. The molecule has 0 saturated heterocycles. The molecule has 1 aliphatic rings. The number of nitrogens with two attached hydrogens (primary N) is 1. The van der Waals surface area contributed by atoms with Gasteiger partial charge in [-0.1, -0.05) is 32.6 Å². The van der Waals surface area contributed by atoms with E-state index >= 15 is 0 Å². The molecule has 1 amide bonds. The third kappa shape index (κ3) is 4.12. The molecule has 0 bridgehead atoms. The van der Waals surface area contributed by atoms with Crippen LogP contribution < -0.4 is 11.1 Å². The highest BCUT2D eigenvalue weighted by atomic mass is 16.2. The average molecular weight is 226 g/mol. The molecule has 1 saturated carbocycles. The van der Waals surface area contributed by atoms with E-state index in [0.29, 0.717) is 6.54 Å². The highest BCUT2D eigenvalue weighted by molar-refractivity contribution is 5.79. The van der Waals surface area contributed by atoms with E-state index in [4.69, 9.17) is 5.73 Å². The first kappa shape index (κ1) is 13.5. The normalized spacial score (nSPS) is 19.8. The van der Waals surface area contributed by atoms with Crippen LogP contribution in [-0.4, -0.2) is 18.0 Å². The monoisotopic (exact) mass is 226 g/mol. The predicted octanol–water partition coefficient (Wildman–Crippen LogP) is 2.06. The maximum Gasteiger partial charge on any atom is 0.223 e. The van der Waals surface area contributed by atoms with Crippen molar-refractivity contribution in [3.63, 3.8) is 0 Å². The van der Waals surface area contributed by atoms with E-state index in [2.05, 4.69) is 5.32 Å². The van der Waals surface area contributed by atoms with Crippen molar-refractivity contribution in [1.29, 1.82) is 0 Å². The van der Waals surface area contributed by atoms with Crippen molar-refractivity contribution in [2.24, 2.45) is 17.6 Å². The average Bonchev–Trinajstić information content (AvgIpc) is 2.69. The molecule has 94 valence electrons. The predicted molar refractivity (Wildman–Crippen MR) is 67.0 cm³/mol. The van der Waals surface area contributed by atoms with Gasteiger partial charge in [0.2, 0.25) is 5.91 Å². The Balaban J connectivity index is 2.35. The zero-order chi connectivity index (χ0) is 12.2. The summed E-state index contributed by atoms with van der Waals surface area (Å²) in [5.74, 6) is 1.04. The summed E-state index contributed by atoms with van der Waals surface area (Å²) in [6, 6.07) is 0. The van der Waals surface area contributed by atoms with Crippen LogP contribution in [0.3, 0.4) is 0 Å². The Morgan fingerprint density at radius 3 is 2.50 bits per heavy atom. The van der Waals surface area contributed by atoms with E-state index in [9.17, 15) is 4.79 Å². The van der Waals surface area contributed by atoms with Gasteiger partial charge in [0.05, 0.1) is 0 Å². The number of rotatable bonds is 5. The summed E-state index contributed by atoms with van der Waals surface area (Å²) in [7, 11) is 0. The summed E-state index contributed by atoms with van der Waals surface area (Å²) in [5, 5.41) is 3.02. The number of hydrogen-bond acceptors (Lipinski definition) is 2. The Labute approximate surface area is 99.2 Å². The van der Waals surface area contributed by atoms with Gasteiger partial charge in [-0.2, -0.15) is 0 Å². The third-order valence-electron chi connectivity index (χ3n) is 3.58. The molecular formula is C13H26N2O. The summed E-state index contributed by atoms with van der Waals surface area (Å²) in [6.07, 6.45) is 6.32. The molecule has 3 heteroatoms. The maximum absolute atomic E-state index is 11.9. The Morgan fingerprint density at radius 2 is 2.00 bits per heavy atom. The first-order valence-electron chi connectivity index (χ1n) is 6.46. The second-order valence-electron chi connectivity index (χ2n) is 5.86. The molecule has 0 spiro atoms. The van der Waals surface area contributed by atoms with Crippen LogP contribution in [0.1, 0.15) is 52.9 Å². The fourth-order valence-electron chi connectivity index (χ4n) is 2.36. The summed E-state index contributed by atoms with van der Waals surface area (Å²) in [5.41, 5.74) is 5.33. The summed E-state index contributed by atoms with van der Waals surface area (Å²) in [6.45, 7) is 6.44. The Hall–Kier alpha value is -0.570. The topological polar surface area (TPSA) is 55.1 Å². The van der Waals surface area contributed by atoms with Crippen LogP contribution in [0, 0.1) is 11.8 Å². The quantitative estimate of drug-likeness (QED) is 0.754. The summed E-state index contributed by atoms with van der Waals surface area (Å²) >= 11 is 0. The molecule has 0 aromatic rings. The van der Waals surface area contributed by atoms with Gasteiger partial charge in [0.15, 0.2) is 0 Å². The fraction of sp³-hybridized carbons (Fsp3) is 0.923. The van der Waals surface area contributed by atoms with Crippen molar-refractivity contribution in [1.82, 2.24) is 5.32 Å². The van der Waals surface area contributed by atoms with E-state index in [1.54, 1.807) is 0 Å². The molecule has 3 N–H and O–H groups in total. The summed E-state index contributed by atoms with van der Waals surface area (Å²) in [4.78, 5) is 11.9. The van der Waals surface area contributed by atoms with Crippen molar-refractivity contribution < 1.29 is 4.79 Å². The molecule has 0 aromatic heterocycles. The number of nitrogens with one attached hydrogen (secondary N) is 1. The lowest BCUT2D eigenvalue weighted by Gasteiger charge is -2.27. The van der Waals surface area contributed by atoms with E-state index in [1.807, 2.05) is 20.8 Å². The minimum atomic E-state index is -0.277. The molecule has 1 atom stereocenters. The molecule has 3 nitrogen and oxygen atoms in total. The zero-order valence-electron chi connectivity index (χ0n) is 10.9. The molecule has 16 heavy (non-hydrogen) atoms. The van der Waals surface area contributed by atoms with Gasteiger partial charge in [-0.3, -0.25) is 4.79 Å². The van der Waals surface area contributed by atoms with Crippen LogP contribution in [0.25, 0.3) is 0 Å². The van der Waals surface area contributed by atoms with Gasteiger partial charge in [0, 0.05) is 18.0 Å². The maximum atomic E-state index is 11.9. The molecule has 1 fully saturated rings. The highest BCUT2D eigenvalue weighted by Crippen LogP contribution is 2.30. The fourth-order valence-corrected chi connectivity index (χ4v) is 2.36. The number of hydrogen-bond donors (Lipinski definition) is 2. The smallest absolute Gasteiger partial charge is 0.223 e. The van der Waals surface area contributed by atoms with E-state index < -0.39 is 0 Å². The van der Waals surface area contributed by atoms with Gasteiger partial charge in [0.25, 0.3) is 0 Å². The lowest BCUT2D eigenvalue weighted by atomic mass is 9.93. The van der Waals surface area contributed by atoms with Gasteiger partial charge in [-0.15, -0.1) is 0 Å². The van der Waals surface area contributed by atoms with Gasteiger partial charge >= 0.3 is 0 Å². The van der Waals surface area contributed by atoms with Crippen LogP contribution in [0.15, 0.2) is 0 Å². The van der Waals surface area contributed by atoms with Crippen molar-refractivity contribution >= 4 is 5.91 Å². The van der Waals surface area contributed by atoms with Crippen molar-refractivity contribution in [3.8, 4) is 0 Å². The van der Waals surface area contributed by atoms with Crippen molar-refractivity contribution in [2.75, 3.05) is 6.54 Å². The van der Waals surface area contributed by atoms with Gasteiger partial charge < -0.3 is 11.1 Å². The van der Waals surface area contributed by atoms with E-state index in [1.165, 1.54) is 25.7 Å². The SMILES string of the molecule is CC(CC1CCCC1)C(=O)NC(C)(C)CN. The van der Waals surface area contributed by atoms with Crippen LogP contribution in [0.5, 0.6) is 0 Å². The van der Waals surface area contributed by atoms with Crippen LogP contribution in [0.2, 0.25) is 0 Å². The molecule has 0 heterocycles. The lowest BCUT2D eigenvalue weighted by molar-refractivity contribution is -0.126. The minimum Gasteiger partial charge on any atom is -0.350 e.